The fourth-order valence-corrected chi connectivity index (χ4v) is 2.90. The SMILES string of the molecule is COC(=O)[C@H]1C[C@H]2CC[C@@H]1[C@@H](O)[C@H]2O. The van der Waals surface area contributed by atoms with Gasteiger partial charge in [-0.1, -0.05) is 0 Å². The summed E-state index contributed by atoms with van der Waals surface area (Å²) in [7, 11) is 1.37. The number of carbonyl (C=O) groups excluding carboxylic acids is 1. The van der Waals surface area contributed by atoms with Crippen molar-refractivity contribution in [3.05, 3.63) is 0 Å². The van der Waals surface area contributed by atoms with Gasteiger partial charge < -0.3 is 14.9 Å². The van der Waals surface area contributed by atoms with Crippen molar-refractivity contribution in [3.8, 4) is 0 Å². The largest absolute Gasteiger partial charge is 0.469 e. The van der Waals surface area contributed by atoms with Crippen LogP contribution < -0.4 is 0 Å². The second-order valence-corrected chi connectivity index (χ2v) is 4.35. The Kier molecular flexibility index (Phi) is 2.49. The summed E-state index contributed by atoms with van der Waals surface area (Å²) in [6.45, 7) is 0. The number of ether oxygens (including phenoxy) is 1. The number of aliphatic hydroxyl groups excluding tert-OH is 2. The molecule has 4 nitrogen and oxygen atoms in total. The minimum Gasteiger partial charge on any atom is -0.469 e. The molecule has 3 aliphatic rings. The van der Waals surface area contributed by atoms with Crippen LogP contribution in [0.5, 0.6) is 0 Å². The van der Waals surface area contributed by atoms with Crippen LogP contribution in [-0.2, 0) is 9.53 Å². The average Bonchev–Trinajstić information content (AvgIpc) is 2.23. The van der Waals surface area contributed by atoms with E-state index in [4.69, 9.17) is 4.74 Å². The summed E-state index contributed by atoms with van der Waals surface area (Å²) in [5.41, 5.74) is 0. The Labute approximate surface area is 82.9 Å². The zero-order chi connectivity index (χ0) is 10.3. The summed E-state index contributed by atoms with van der Waals surface area (Å²) < 4.78 is 4.69. The number of esters is 1. The fourth-order valence-electron chi connectivity index (χ4n) is 2.90. The van der Waals surface area contributed by atoms with Crippen molar-refractivity contribution < 1.29 is 19.7 Å². The molecular formula is C10H16O4. The summed E-state index contributed by atoms with van der Waals surface area (Å²) >= 11 is 0. The second kappa shape index (κ2) is 3.51. The normalized spacial score (nSPS) is 46.4. The molecule has 3 rings (SSSR count). The lowest BCUT2D eigenvalue weighted by atomic mass is 9.62. The van der Waals surface area contributed by atoms with E-state index in [9.17, 15) is 15.0 Å². The Bertz CT molecular complexity index is 238. The van der Waals surface area contributed by atoms with Crippen molar-refractivity contribution in [1.82, 2.24) is 0 Å². The van der Waals surface area contributed by atoms with Crippen LogP contribution in [0.4, 0.5) is 0 Å². The van der Waals surface area contributed by atoms with Crippen LogP contribution in [0.15, 0.2) is 0 Å². The Morgan fingerprint density at radius 1 is 1.29 bits per heavy atom. The minimum atomic E-state index is -0.744. The van der Waals surface area contributed by atoms with Gasteiger partial charge in [0.2, 0.25) is 0 Å². The molecule has 0 aromatic heterocycles. The van der Waals surface area contributed by atoms with E-state index in [1.807, 2.05) is 0 Å². The zero-order valence-electron chi connectivity index (χ0n) is 8.22. The first kappa shape index (κ1) is 9.93. The highest BCUT2D eigenvalue weighted by molar-refractivity contribution is 5.73. The van der Waals surface area contributed by atoms with Gasteiger partial charge in [0.15, 0.2) is 0 Å². The van der Waals surface area contributed by atoms with Crippen LogP contribution in [0.25, 0.3) is 0 Å². The third kappa shape index (κ3) is 1.33. The van der Waals surface area contributed by atoms with Gasteiger partial charge in [0.25, 0.3) is 0 Å². The molecule has 0 spiro atoms. The number of rotatable bonds is 1. The highest BCUT2D eigenvalue weighted by Gasteiger charge is 2.50. The highest BCUT2D eigenvalue weighted by Crippen LogP contribution is 2.45. The van der Waals surface area contributed by atoms with Crippen molar-refractivity contribution in [1.29, 1.82) is 0 Å². The topological polar surface area (TPSA) is 66.8 Å². The first-order valence-electron chi connectivity index (χ1n) is 5.09. The molecule has 0 aliphatic heterocycles. The molecule has 0 saturated heterocycles. The number of aliphatic hydroxyl groups is 2. The maximum absolute atomic E-state index is 11.4. The molecule has 0 heterocycles. The Morgan fingerprint density at radius 2 is 2.00 bits per heavy atom. The van der Waals surface area contributed by atoms with Gasteiger partial charge in [-0.2, -0.15) is 0 Å². The third-order valence-corrected chi connectivity index (χ3v) is 3.72. The van der Waals surface area contributed by atoms with E-state index in [1.54, 1.807) is 0 Å². The van der Waals surface area contributed by atoms with Gasteiger partial charge in [0.05, 0.1) is 25.2 Å². The third-order valence-electron chi connectivity index (χ3n) is 3.72. The summed E-state index contributed by atoms with van der Waals surface area (Å²) in [5, 5.41) is 19.4. The average molecular weight is 200 g/mol. The quantitative estimate of drug-likeness (QED) is 0.581. The predicted molar refractivity (Wildman–Crippen MR) is 48.4 cm³/mol. The van der Waals surface area contributed by atoms with E-state index in [0.717, 1.165) is 12.8 Å². The van der Waals surface area contributed by atoms with Gasteiger partial charge in [0.1, 0.15) is 0 Å². The predicted octanol–water partition coefficient (Wildman–Crippen LogP) is -0.0727. The minimum absolute atomic E-state index is 0.0686. The molecule has 2 N–H and O–H groups in total. The smallest absolute Gasteiger partial charge is 0.309 e. The van der Waals surface area contributed by atoms with Crippen LogP contribution >= 0.6 is 0 Å². The molecule has 0 unspecified atom stereocenters. The molecule has 5 atom stereocenters. The van der Waals surface area contributed by atoms with Gasteiger partial charge in [-0.05, 0) is 25.2 Å². The maximum Gasteiger partial charge on any atom is 0.309 e. The molecule has 80 valence electrons. The number of methoxy groups -OCH3 is 1. The zero-order valence-corrected chi connectivity index (χ0v) is 8.22. The molecule has 2 bridgehead atoms. The van der Waals surface area contributed by atoms with E-state index in [0.29, 0.717) is 6.42 Å². The van der Waals surface area contributed by atoms with Crippen molar-refractivity contribution in [2.45, 2.75) is 31.5 Å². The van der Waals surface area contributed by atoms with Gasteiger partial charge in [-0.25, -0.2) is 0 Å². The molecule has 14 heavy (non-hydrogen) atoms. The van der Waals surface area contributed by atoms with E-state index in [1.165, 1.54) is 7.11 Å². The number of hydrogen-bond acceptors (Lipinski definition) is 4. The first-order valence-corrected chi connectivity index (χ1v) is 5.09. The van der Waals surface area contributed by atoms with Gasteiger partial charge in [-0.3, -0.25) is 4.79 Å². The van der Waals surface area contributed by atoms with Gasteiger partial charge in [-0.15, -0.1) is 0 Å². The lowest BCUT2D eigenvalue weighted by molar-refractivity contribution is -0.170. The van der Waals surface area contributed by atoms with E-state index in [2.05, 4.69) is 0 Å². The van der Waals surface area contributed by atoms with Crippen LogP contribution in [-0.4, -0.2) is 35.5 Å². The summed E-state index contributed by atoms with van der Waals surface area (Å²) in [5.74, 6) is -0.496. The van der Waals surface area contributed by atoms with E-state index >= 15 is 0 Å². The number of carbonyl (C=O) groups is 1. The van der Waals surface area contributed by atoms with Crippen molar-refractivity contribution >= 4 is 5.97 Å². The molecule has 0 aromatic carbocycles. The van der Waals surface area contributed by atoms with Crippen molar-refractivity contribution in [3.63, 3.8) is 0 Å². The molecule has 3 aliphatic carbocycles. The molecule has 0 aromatic rings. The molecule has 0 amide bonds. The Hall–Kier alpha value is -0.610. The summed E-state index contributed by atoms with van der Waals surface area (Å²) in [6.07, 6.45) is 1.01. The summed E-state index contributed by atoms with van der Waals surface area (Å²) in [4.78, 5) is 11.4. The molecule has 0 radical (unpaired) electrons. The van der Waals surface area contributed by atoms with Crippen LogP contribution in [0.3, 0.4) is 0 Å². The van der Waals surface area contributed by atoms with Gasteiger partial charge >= 0.3 is 5.97 Å². The monoisotopic (exact) mass is 200 g/mol. The Morgan fingerprint density at radius 3 is 2.57 bits per heavy atom. The lowest BCUT2D eigenvalue weighted by Crippen LogP contribution is -2.53. The van der Waals surface area contributed by atoms with Gasteiger partial charge in [0, 0.05) is 5.92 Å². The van der Waals surface area contributed by atoms with Crippen LogP contribution in [0, 0.1) is 17.8 Å². The molecule has 4 heteroatoms. The van der Waals surface area contributed by atoms with Crippen LogP contribution in [0.2, 0.25) is 0 Å². The molecular weight excluding hydrogens is 184 g/mol. The number of hydrogen-bond donors (Lipinski definition) is 2. The Balaban J connectivity index is 2.14. The highest BCUT2D eigenvalue weighted by atomic mass is 16.5. The van der Waals surface area contributed by atoms with Crippen LogP contribution in [0.1, 0.15) is 19.3 Å². The fraction of sp³-hybridized carbons (Fsp3) is 0.900. The second-order valence-electron chi connectivity index (χ2n) is 4.35. The first-order chi connectivity index (χ1) is 6.65. The number of fused-ring (bicyclic) bond motifs is 3. The van der Waals surface area contributed by atoms with Crippen molar-refractivity contribution in [2.75, 3.05) is 7.11 Å². The lowest BCUT2D eigenvalue weighted by Gasteiger charge is -2.47. The maximum atomic E-state index is 11.4. The standard InChI is InChI=1S/C10H16O4/c1-14-10(13)7-4-5-2-3-6(7)9(12)8(5)11/h5-9,11-12H,2-4H2,1H3/t5-,6+,7+,8+,9-/m1/s1. The van der Waals surface area contributed by atoms with E-state index in [-0.39, 0.29) is 23.7 Å². The molecule has 3 fully saturated rings. The summed E-state index contributed by atoms with van der Waals surface area (Å²) in [6, 6.07) is 0. The van der Waals surface area contributed by atoms with Crippen molar-refractivity contribution in [2.24, 2.45) is 17.8 Å². The molecule has 3 saturated carbocycles. The van der Waals surface area contributed by atoms with E-state index < -0.39 is 12.2 Å².